The van der Waals surface area contributed by atoms with Crippen LogP contribution in [0.2, 0.25) is 0 Å². The number of amides is 1. The summed E-state index contributed by atoms with van der Waals surface area (Å²) in [7, 11) is 0. The third kappa shape index (κ3) is 4.47. The number of likely N-dealkylation sites (tertiary alicyclic amines) is 1. The standard InChI is InChI=1S/C18H22F3NO4/c1-10-6-11(2)12(3)15(7-10)26-5-4-16(23)22-8-13(17(24)25)14(9-22)18(19,20)21/h6-7,13-14H,4-5,8-9H2,1-3H3,(H,24,25)/t13-,14-/m1/s1. The number of alkyl halides is 3. The fourth-order valence-corrected chi connectivity index (χ4v) is 3.15. The second-order valence-electron chi connectivity index (χ2n) is 6.69. The number of carboxylic acid groups (broad SMARTS) is 1. The molecule has 0 aromatic heterocycles. The SMILES string of the molecule is Cc1cc(C)c(C)c(OCCC(=O)N2C[C@@H](C(F)(F)F)[C@H](C(=O)O)C2)c1. The first-order valence-corrected chi connectivity index (χ1v) is 8.28. The molecular weight excluding hydrogens is 351 g/mol. The van der Waals surface area contributed by atoms with Gasteiger partial charge >= 0.3 is 12.1 Å². The minimum Gasteiger partial charge on any atom is -0.493 e. The van der Waals surface area contributed by atoms with Crippen molar-refractivity contribution in [2.75, 3.05) is 19.7 Å². The first-order valence-electron chi connectivity index (χ1n) is 8.28. The van der Waals surface area contributed by atoms with E-state index >= 15 is 0 Å². The second kappa shape index (κ2) is 7.55. The zero-order chi connectivity index (χ0) is 19.6. The number of rotatable bonds is 5. The van der Waals surface area contributed by atoms with Crippen LogP contribution in [0.15, 0.2) is 12.1 Å². The smallest absolute Gasteiger partial charge is 0.394 e. The van der Waals surface area contributed by atoms with E-state index in [1.165, 1.54) is 0 Å². The van der Waals surface area contributed by atoms with Crippen molar-refractivity contribution in [2.45, 2.75) is 33.4 Å². The van der Waals surface area contributed by atoms with E-state index in [9.17, 15) is 22.8 Å². The molecule has 1 saturated heterocycles. The van der Waals surface area contributed by atoms with E-state index in [-0.39, 0.29) is 13.0 Å². The number of hydrogen-bond acceptors (Lipinski definition) is 3. The quantitative estimate of drug-likeness (QED) is 0.861. The summed E-state index contributed by atoms with van der Waals surface area (Å²) in [6.07, 6.45) is -4.76. The Bertz CT molecular complexity index is 702. The molecule has 0 spiro atoms. The molecule has 1 heterocycles. The normalized spacial score (nSPS) is 20.3. The summed E-state index contributed by atoms with van der Waals surface area (Å²) >= 11 is 0. The lowest BCUT2D eigenvalue weighted by Crippen LogP contribution is -2.34. The maximum Gasteiger partial charge on any atom is 0.394 e. The van der Waals surface area contributed by atoms with Gasteiger partial charge in [0.1, 0.15) is 5.75 Å². The molecule has 2 rings (SSSR count). The van der Waals surface area contributed by atoms with Crippen LogP contribution in [-0.2, 0) is 9.59 Å². The van der Waals surface area contributed by atoms with E-state index < -0.39 is 43.0 Å². The van der Waals surface area contributed by atoms with Gasteiger partial charge in [0.25, 0.3) is 0 Å². The van der Waals surface area contributed by atoms with Crippen LogP contribution in [0, 0.1) is 32.6 Å². The van der Waals surface area contributed by atoms with Gasteiger partial charge in [0, 0.05) is 13.1 Å². The molecule has 144 valence electrons. The maximum absolute atomic E-state index is 13.0. The van der Waals surface area contributed by atoms with Crippen molar-refractivity contribution < 1.29 is 32.6 Å². The number of ether oxygens (including phenoxy) is 1. The van der Waals surface area contributed by atoms with Crippen LogP contribution < -0.4 is 4.74 Å². The highest BCUT2D eigenvalue weighted by atomic mass is 19.4. The molecule has 1 aliphatic heterocycles. The van der Waals surface area contributed by atoms with E-state index in [1.807, 2.05) is 32.9 Å². The number of halogens is 3. The molecular formula is C18H22F3NO4. The molecule has 0 aliphatic carbocycles. The summed E-state index contributed by atoms with van der Waals surface area (Å²) in [5, 5.41) is 8.99. The number of carbonyl (C=O) groups excluding carboxylic acids is 1. The Morgan fingerprint density at radius 2 is 1.88 bits per heavy atom. The molecule has 1 N–H and O–H groups in total. The maximum atomic E-state index is 13.0. The molecule has 1 aromatic carbocycles. The highest BCUT2D eigenvalue weighted by Crippen LogP contribution is 2.37. The van der Waals surface area contributed by atoms with Crippen molar-refractivity contribution in [3.8, 4) is 5.75 Å². The lowest BCUT2D eigenvalue weighted by molar-refractivity contribution is -0.188. The van der Waals surface area contributed by atoms with Gasteiger partial charge in [-0.25, -0.2) is 0 Å². The highest BCUT2D eigenvalue weighted by molar-refractivity contribution is 5.79. The lowest BCUT2D eigenvalue weighted by Gasteiger charge is -2.18. The van der Waals surface area contributed by atoms with Crippen molar-refractivity contribution in [1.29, 1.82) is 0 Å². The Labute approximate surface area is 149 Å². The van der Waals surface area contributed by atoms with E-state index in [0.29, 0.717) is 5.75 Å². The zero-order valence-corrected chi connectivity index (χ0v) is 14.9. The Hall–Kier alpha value is -2.25. The molecule has 8 heteroatoms. The molecule has 1 fully saturated rings. The van der Waals surface area contributed by atoms with Crippen LogP contribution in [0.5, 0.6) is 5.75 Å². The van der Waals surface area contributed by atoms with Gasteiger partial charge in [-0.3, -0.25) is 9.59 Å². The minimum absolute atomic E-state index is 0.0213. The topological polar surface area (TPSA) is 66.8 Å². The van der Waals surface area contributed by atoms with Gasteiger partial charge in [0.2, 0.25) is 5.91 Å². The van der Waals surface area contributed by atoms with Gasteiger partial charge in [-0.05, 0) is 43.5 Å². The zero-order valence-electron chi connectivity index (χ0n) is 14.9. The van der Waals surface area contributed by atoms with E-state index in [2.05, 4.69) is 0 Å². The molecule has 0 bridgehead atoms. The Morgan fingerprint density at radius 1 is 1.23 bits per heavy atom. The first-order chi connectivity index (χ1) is 12.0. The number of hydrogen-bond donors (Lipinski definition) is 1. The predicted molar refractivity (Wildman–Crippen MR) is 88.0 cm³/mol. The van der Waals surface area contributed by atoms with E-state index in [0.717, 1.165) is 21.6 Å². The molecule has 0 radical (unpaired) electrons. The molecule has 5 nitrogen and oxygen atoms in total. The molecule has 1 aromatic rings. The molecule has 2 atom stereocenters. The third-order valence-electron chi connectivity index (χ3n) is 4.75. The molecule has 26 heavy (non-hydrogen) atoms. The molecule has 1 amide bonds. The summed E-state index contributed by atoms with van der Waals surface area (Å²) in [6.45, 7) is 4.71. The van der Waals surface area contributed by atoms with Gasteiger partial charge in [0.05, 0.1) is 24.9 Å². The average Bonchev–Trinajstić information content (AvgIpc) is 2.97. The van der Waals surface area contributed by atoms with Crippen molar-refractivity contribution in [3.63, 3.8) is 0 Å². The van der Waals surface area contributed by atoms with Gasteiger partial charge in [-0.1, -0.05) is 6.07 Å². The number of carbonyl (C=O) groups is 2. The van der Waals surface area contributed by atoms with Gasteiger partial charge < -0.3 is 14.7 Å². The monoisotopic (exact) mass is 373 g/mol. The summed E-state index contributed by atoms with van der Waals surface area (Å²) in [5.41, 5.74) is 2.99. The molecule has 0 saturated carbocycles. The highest BCUT2D eigenvalue weighted by Gasteiger charge is 2.53. The van der Waals surface area contributed by atoms with E-state index in [1.54, 1.807) is 0 Å². The predicted octanol–water partition coefficient (Wildman–Crippen LogP) is 3.10. The Morgan fingerprint density at radius 3 is 2.42 bits per heavy atom. The average molecular weight is 373 g/mol. The fraction of sp³-hybridized carbons (Fsp3) is 0.556. The van der Waals surface area contributed by atoms with E-state index in [4.69, 9.17) is 9.84 Å². The number of nitrogens with zero attached hydrogens (tertiary/aromatic N) is 1. The van der Waals surface area contributed by atoms with Gasteiger partial charge in [-0.15, -0.1) is 0 Å². The fourth-order valence-electron chi connectivity index (χ4n) is 3.15. The lowest BCUT2D eigenvalue weighted by atomic mass is 9.96. The Kier molecular flexibility index (Phi) is 5.83. The number of aliphatic carboxylic acids is 1. The number of benzene rings is 1. The number of carboxylic acids is 1. The van der Waals surface area contributed by atoms with Crippen LogP contribution >= 0.6 is 0 Å². The van der Waals surface area contributed by atoms with Crippen molar-refractivity contribution in [1.82, 2.24) is 4.90 Å². The van der Waals surface area contributed by atoms with Crippen LogP contribution in [0.3, 0.4) is 0 Å². The van der Waals surface area contributed by atoms with Crippen molar-refractivity contribution in [3.05, 3.63) is 28.8 Å². The van der Waals surface area contributed by atoms with Gasteiger partial charge in [0.15, 0.2) is 0 Å². The second-order valence-corrected chi connectivity index (χ2v) is 6.69. The van der Waals surface area contributed by atoms with Crippen LogP contribution in [-0.4, -0.2) is 47.8 Å². The van der Waals surface area contributed by atoms with Crippen molar-refractivity contribution in [2.24, 2.45) is 11.8 Å². The van der Waals surface area contributed by atoms with Crippen LogP contribution in [0.25, 0.3) is 0 Å². The summed E-state index contributed by atoms with van der Waals surface area (Å²) < 4.78 is 44.5. The summed E-state index contributed by atoms with van der Waals surface area (Å²) in [6, 6.07) is 3.84. The van der Waals surface area contributed by atoms with Crippen molar-refractivity contribution >= 4 is 11.9 Å². The van der Waals surface area contributed by atoms with Crippen LogP contribution in [0.4, 0.5) is 13.2 Å². The molecule has 1 aliphatic rings. The van der Waals surface area contributed by atoms with Gasteiger partial charge in [-0.2, -0.15) is 13.2 Å². The summed E-state index contributed by atoms with van der Waals surface area (Å²) in [4.78, 5) is 24.2. The number of aryl methyl sites for hydroxylation is 2. The molecule has 0 unspecified atom stereocenters. The largest absolute Gasteiger partial charge is 0.493 e. The minimum atomic E-state index is -4.65. The third-order valence-corrected chi connectivity index (χ3v) is 4.75. The van der Waals surface area contributed by atoms with Crippen LogP contribution in [0.1, 0.15) is 23.1 Å². The summed E-state index contributed by atoms with van der Waals surface area (Å²) in [5.74, 6) is -5.10. The first kappa shape index (κ1) is 20.1. The Balaban J connectivity index is 1.96.